The first-order valence-electron chi connectivity index (χ1n) is 3.75. The number of rotatable bonds is 2. The number of ether oxygens (including phenoxy) is 1. The SMILES string of the molecule is COc1c(Cl)cc(C(C)=O)c(O)c1Br. The number of ketones is 1. The van der Waals surface area contributed by atoms with Gasteiger partial charge in [0.1, 0.15) is 10.2 Å². The van der Waals surface area contributed by atoms with E-state index in [9.17, 15) is 9.90 Å². The van der Waals surface area contributed by atoms with Crippen LogP contribution >= 0.6 is 27.5 Å². The van der Waals surface area contributed by atoms with Gasteiger partial charge in [0.2, 0.25) is 0 Å². The molecule has 1 N–H and O–H groups in total. The Hall–Kier alpha value is -0.740. The van der Waals surface area contributed by atoms with Gasteiger partial charge in [0.05, 0.1) is 17.7 Å². The lowest BCUT2D eigenvalue weighted by Gasteiger charge is -2.09. The Bertz CT molecular complexity index is 390. The maximum atomic E-state index is 11.1. The summed E-state index contributed by atoms with van der Waals surface area (Å²) in [5.41, 5.74) is 0.169. The van der Waals surface area contributed by atoms with E-state index in [0.29, 0.717) is 5.75 Å². The molecular weight excluding hydrogens is 271 g/mol. The number of carbonyl (C=O) groups excluding carboxylic acids is 1. The molecule has 0 heterocycles. The molecule has 14 heavy (non-hydrogen) atoms. The van der Waals surface area contributed by atoms with Crippen LogP contribution in [-0.4, -0.2) is 18.0 Å². The van der Waals surface area contributed by atoms with Gasteiger partial charge in [0.15, 0.2) is 11.5 Å². The van der Waals surface area contributed by atoms with Crippen LogP contribution in [0.5, 0.6) is 11.5 Å². The summed E-state index contributed by atoms with van der Waals surface area (Å²) in [4.78, 5) is 11.1. The number of hydrogen-bond acceptors (Lipinski definition) is 3. The number of phenols is 1. The van der Waals surface area contributed by atoms with Gasteiger partial charge in [-0.3, -0.25) is 4.79 Å². The first-order valence-corrected chi connectivity index (χ1v) is 4.92. The molecule has 1 rings (SSSR count). The van der Waals surface area contributed by atoms with Crippen LogP contribution < -0.4 is 4.74 Å². The van der Waals surface area contributed by atoms with Crippen LogP contribution in [0.25, 0.3) is 0 Å². The van der Waals surface area contributed by atoms with Crippen molar-refractivity contribution in [3.05, 3.63) is 21.1 Å². The first-order chi connectivity index (χ1) is 6.49. The largest absolute Gasteiger partial charge is 0.506 e. The van der Waals surface area contributed by atoms with Gasteiger partial charge in [0.25, 0.3) is 0 Å². The molecule has 0 fully saturated rings. The van der Waals surface area contributed by atoms with E-state index in [1.807, 2.05) is 0 Å². The fourth-order valence-corrected chi connectivity index (χ4v) is 2.03. The van der Waals surface area contributed by atoms with Gasteiger partial charge in [-0.25, -0.2) is 0 Å². The van der Waals surface area contributed by atoms with Gasteiger partial charge in [0, 0.05) is 0 Å². The highest BCUT2D eigenvalue weighted by Crippen LogP contribution is 2.41. The first kappa shape index (κ1) is 11.3. The molecule has 3 nitrogen and oxygen atoms in total. The summed E-state index contributed by atoms with van der Waals surface area (Å²) >= 11 is 8.93. The molecule has 0 unspecified atom stereocenters. The van der Waals surface area contributed by atoms with E-state index in [-0.39, 0.29) is 26.6 Å². The van der Waals surface area contributed by atoms with Crippen molar-refractivity contribution >= 4 is 33.3 Å². The quantitative estimate of drug-likeness (QED) is 0.847. The number of hydrogen-bond donors (Lipinski definition) is 1. The average molecular weight is 280 g/mol. The van der Waals surface area contributed by atoms with Crippen LogP contribution in [0.2, 0.25) is 5.02 Å². The molecule has 0 atom stereocenters. The predicted octanol–water partition coefficient (Wildman–Crippen LogP) is 3.02. The summed E-state index contributed by atoms with van der Waals surface area (Å²) in [7, 11) is 1.43. The highest BCUT2D eigenvalue weighted by atomic mass is 79.9. The maximum absolute atomic E-state index is 11.1. The molecule has 0 amide bonds. The number of carbonyl (C=O) groups is 1. The molecule has 5 heteroatoms. The molecule has 0 aliphatic heterocycles. The van der Waals surface area contributed by atoms with Gasteiger partial charge in [-0.1, -0.05) is 11.6 Å². The van der Waals surface area contributed by atoms with Gasteiger partial charge in [-0.15, -0.1) is 0 Å². The second kappa shape index (κ2) is 4.19. The Morgan fingerprint density at radius 1 is 1.64 bits per heavy atom. The van der Waals surface area contributed by atoms with Crippen LogP contribution in [0.3, 0.4) is 0 Å². The lowest BCUT2D eigenvalue weighted by atomic mass is 10.1. The minimum absolute atomic E-state index is 0.154. The molecular formula is C9H8BrClO3. The van der Waals surface area contributed by atoms with Crippen LogP contribution in [-0.2, 0) is 0 Å². The molecule has 0 spiro atoms. The predicted molar refractivity (Wildman–Crippen MR) is 57.4 cm³/mol. The van der Waals surface area contributed by atoms with Gasteiger partial charge in [-0.2, -0.15) is 0 Å². The van der Waals surface area contributed by atoms with E-state index < -0.39 is 0 Å². The van der Waals surface area contributed by atoms with Crippen molar-refractivity contribution in [3.8, 4) is 11.5 Å². The minimum atomic E-state index is -0.257. The van der Waals surface area contributed by atoms with E-state index in [4.69, 9.17) is 16.3 Å². The molecule has 1 aromatic rings. The highest BCUT2D eigenvalue weighted by Gasteiger charge is 2.17. The van der Waals surface area contributed by atoms with E-state index in [0.717, 1.165) is 0 Å². The van der Waals surface area contributed by atoms with E-state index in [1.54, 1.807) is 0 Å². The third-order valence-electron chi connectivity index (χ3n) is 1.73. The fraction of sp³-hybridized carbons (Fsp3) is 0.222. The van der Waals surface area contributed by atoms with E-state index in [1.165, 1.54) is 20.1 Å². The molecule has 0 saturated heterocycles. The normalized spacial score (nSPS) is 10.0. The number of halogens is 2. The third-order valence-corrected chi connectivity index (χ3v) is 2.75. The summed E-state index contributed by atoms with van der Waals surface area (Å²) < 4.78 is 5.23. The zero-order valence-electron chi connectivity index (χ0n) is 7.60. The number of phenolic OH excluding ortho intramolecular Hbond substituents is 1. The van der Waals surface area contributed by atoms with Crippen molar-refractivity contribution in [3.63, 3.8) is 0 Å². The van der Waals surface area contributed by atoms with Crippen LogP contribution in [0.4, 0.5) is 0 Å². The highest BCUT2D eigenvalue weighted by molar-refractivity contribution is 9.10. The van der Waals surface area contributed by atoms with Crippen molar-refractivity contribution in [1.82, 2.24) is 0 Å². The Morgan fingerprint density at radius 3 is 2.64 bits per heavy atom. The summed E-state index contributed by atoms with van der Waals surface area (Å²) in [6.07, 6.45) is 0. The van der Waals surface area contributed by atoms with Gasteiger partial charge in [-0.05, 0) is 28.9 Å². The molecule has 0 aromatic heterocycles. The number of Topliss-reactive ketones (excluding diaryl/α,β-unsaturated/α-hetero) is 1. The molecule has 76 valence electrons. The lowest BCUT2D eigenvalue weighted by molar-refractivity contribution is 0.101. The molecule has 0 radical (unpaired) electrons. The lowest BCUT2D eigenvalue weighted by Crippen LogP contribution is -1.96. The monoisotopic (exact) mass is 278 g/mol. The van der Waals surface area contributed by atoms with Crippen molar-refractivity contribution in [2.24, 2.45) is 0 Å². The Kier molecular flexibility index (Phi) is 3.39. The Balaban J connectivity index is 3.47. The zero-order chi connectivity index (χ0) is 10.9. The molecule has 0 aliphatic rings. The van der Waals surface area contributed by atoms with E-state index >= 15 is 0 Å². The number of aromatic hydroxyl groups is 1. The molecule has 0 saturated carbocycles. The molecule has 1 aromatic carbocycles. The summed E-state index contributed by atoms with van der Waals surface area (Å²) in [6.45, 7) is 1.35. The number of benzene rings is 1. The van der Waals surface area contributed by atoms with Crippen LogP contribution in [0.15, 0.2) is 10.5 Å². The fourth-order valence-electron chi connectivity index (χ4n) is 1.05. The smallest absolute Gasteiger partial charge is 0.163 e. The summed E-state index contributed by atoms with van der Waals surface area (Å²) in [5, 5.41) is 9.88. The maximum Gasteiger partial charge on any atom is 0.163 e. The van der Waals surface area contributed by atoms with Crippen molar-refractivity contribution in [1.29, 1.82) is 0 Å². The van der Waals surface area contributed by atoms with Crippen LogP contribution in [0.1, 0.15) is 17.3 Å². The number of methoxy groups -OCH3 is 1. The second-order valence-corrected chi connectivity index (χ2v) is 3.86. The second-order valence-electron chi connectivity index (χ2n) is 2.66. The molecule has 0 bridgehead atoms. The Labute approximate surface area is 94.8 Å². The van der Waals surface area contributed by atoms with Crippen LogP contribution in [0, 0.1) is 0 Å². The Morgan fingerprint density at radius 2 is 2.21 bits per heavy atom. The average Bonchev–Trinajstić information content (AvgIpc) is 2.12. The van der Waals surface area contributed by atoms with E-state index in [2.05, 4.69) is 15.9 Å². The zero-order valence-corrected chi connectivity index (χ0v) is 9.94. The standard InChI is InChI=1S/C9H8BrClO3/c1-4(12)5-3-6(11)9(14-2)7(10)8(5)13/h3,13H,1-2H3. The summed E-state index contributed by atoms with van der Waals surface area (Å²) in [6, 6.07) is 1.38. The molecule has 0 aliphatic carbocycles. The van der Waals surface area contributed by atoms with Gasteiger partial charge >= 0.3 is 0 Å². The third kappa shape index (κ3) is 1.86. The summed E-state index contributed by atoms with van der Waals surface area (Å²) in [5.74, 6) is -0.0966. The van der Waals surface area contributed by atoms with Crippen molar-refractivity contribution in [2.75, 3.05) is 7.11 Å². The topological polar surface area (TPSA) is 46.5 Å². The van der Waals surface area contributed by atoms with Crippen molar-refractivity contribution < 1.29 is 14.6 Å². The van der Waals surface area contributed by atoms with Crippen molar-refractivity contribution in [2.45, 2.75) is 6.92 Å². The van der Waals surface area contributed by atoms with Gasteiger partial charge < -0.3 is 9.84 Å². The minimum Gasteiger partial charge on any atom is -0.506 e.